The monoisotopic (exact) mass is 1100 g/mol. The predicted octanol–water partition coefficient (Wildman–Crippen LogP) is 12.0. The first-order valence-corrected chi connectivity index (χ1v) is 25.0. The maximum atomic E-state index is 13.9. The van der Waals surface area contributed by atoms with Crippen LogP contribution in [0.5, 0.6) is 23.0 Å². The fourth-order valence-corrected chi connectivity index (χ4v) is 9.28. The number of aromatic nitrogens is 2. The number of carbonyl (C=O) groups excluding carboxylic acids is 2. The van der Waals surface area contributed by atoms with Gasteiger partial charge in [-0.05, 0) is 76.3 Å². The van der Waals surface area contributed by atoms with Crippen LogP contribution in [0.2, 0.25) is 0 Å². The lowest BCUT2D eigenvalue weighted by Gasteiger charge is -2.26. The van der Waals surface area contributed by atoms with Crippen molar-refractivity contribution in [2.75, 3.05) is 21.5 Å². The van der Waals surface area contributed by atoms with Crippen molar-refractivity contribution in [1.29, 1.82) is 0 Å². The van der Waals surface area contributed by atoms with Crippen molar-refractivity contribution in [3.8, 4) is 23.0 Å². The molecule has 2 atom stereocenters. The van der Waals surface area contributed by atoms with Gasteiger partial charge in [0.05, 0.1) is 23.2 Å². The predicted molar refractivity (Wildman–Crippen MR) is 289 cm³/mol. The molecule has 20 heteroatoms. The molecule has 0 fully saturated rings. The Balaban J connectivity index is 0.000000185. The number of aromatic hydroxyl groups is 1. The van der Waals surface area contributed by atoms with E-state index in [9.17, 15) is 50.6 Å². The van der Waals surface area contributed by atoms with Gasteiger partial charge >= 0.3 is 12.4 Å². The standard InChI is InChI=1S/C34H26F3N3O4.C27H20F3N3O4/c35-34(36,37)24-12-8-13-25(19-24)38-33(42)31-32(44-20-22-9-2-1-3-10-22)28(41)17-18-40(31)39-30-26-14-5-4-11-23(26)21-43-29-16-7-6-15-27(29)30;28-27(29,30)17-7-5-8-18(14-17)31-26(36)24-25(35)21(34)12-13-33(24)32-23-19-9-2-1-6-16(19)15-37-22-11-4-3-10-20(22)23/h1-19,30,39H,20-21H2,(H,38,42);1-14,23,32,35H,15H2,(H,31,36). The van der Waals surface area contributed by atoms with Gasteiger partial charge in [-0.3, -0.25) is 28.5 Å². The van der Waals surface area contributed by atoms with Gasteiger partial charge in [-0.2, -0.15) is 26.3 Å². The van der Waals surface area contributed by atoms with E-state index in [2.05, 4.69) is 21.5 Å². The molecule has 0 aliphatic carbocycles. The summed E-state index contributed by atoms with van der Waals surface area (Å²) in [6.45, 7) is 0.612. The summed E-state index contributed by atoms with van der Waals surface area (Å²) in [4.78, 5) is 52.5. The van der Waals surface area contributed by atoms with E-state index in [0.717, 1.165) is 75.3 Å². The van der Waals surface area contributed by atoms with Crippen LogP contribution in [0.1, 0.15) is 83.1 Å². The van der Waals surface area contributed by atoms with Gasteiger partial charge in [0, 0.05) is 47.0 Å². The number of nitrogens with zero attached hydrogens (tertiary/aromatic N) is 2. The molecule has 0 spiro atoms. The summed E-state index contributed by atoms with van der Waals surface area (Å²) in [6, 6.07) is 48.6. The third-order valence-electron chi connectivity index (χ3n) is 13.2. The topological polar surface area (TPSA) is 174 Å². The Morgan fingerprint density at radius 1 is 0.519 bits per heavy atom. The van der Waals surface area contributed by atoms with E-state index in [1.54, 1.807) is 6.07 Å². The number of carbonyl (C=O) groups is 2. The molecule has 81 heavy (non-hydrogen) atoms. The zero-order valence-corrected chi connectivity index (χ0v) is 42.3. The number of benzene rings is 7. The molecule has 4 heterocycles. The molecule has 0 saturated heterocycles. The molecule has 2 unspecified atom stereocenters. The summed E-state index contributed by atoms with van der Waals surface area (Å²) < 4.78 is 100. The average Bonchev–Trinajstić information content (AvgIpc) is 4.03. The number of fused-ring (bicyclic) bond motifs is 4. The molecule has 2 amide bonds. The van der Waals surface area contributed by atoms with Gasteiger partial charge in [-0.1, -0.05) is 127 Å². The molecule has 0 bridgehead atoms. The maximum absolute atomic E-state index is 13.9. The SMILES string of the molecule is O=C(Nc1cccc(C(F)(F)F)c1)c1c(O)c(=O)ccn1NC1c2ccccc2COc2ccccc21.O=C(Nc1cccc(C(F)(F)F)c1)c1c(OCc2ccccc2)c(=O)ccn1NC1c2ccccc2COc2ccccc21. The zero-order valence-electron chi connectivity index (χ0n) is 42.3. The van der Waals surface area contributed by atoms with Crippen molar-refractivity contribution in [3.63, 3.8) is 0 Å². The maximum Gasteiger partial charge on any atom is 0.416 e. The number of ether oxygens (including phenoxy) is 3. The molecular formula is C61H46F6N6O8. The molecular weight excluding hydrogens is 1060 g/mol. The second-order valence-electron chi connectivity index (χ2n) is 18.5. The highest BCUT2D eigenvalue weighted by Gasteiger charge is 2.34. The van der Waals surface area contributed by atoms with E-state index < -0.39 is 69.7 Å². The van der Waals surface area contributed by atoms with Gasteiger partial charge in [0.1, 0.15) is 31.3 Å². The molecule has 9 aromatic rings. The van der Waals surface area contributed by atoms with Crippen molar-refractivity contribution in [2.45, 2.75) is 44.3 Å². The van der Waals surface area contributed by atoms with Crippen LogP contribution in [-0.2, 0) is 32.2 Å². The largest absolute Gasteiger partial charge is 0.502 e. The summed E-state index contributed by atoms with van der Waals surface area (Å²) >= 11 is 0. The van der Waals surface area contributed by atoms with Crippen molar-refractivity contribution >= 4 is 23.2 Å². The van der Waals surface area contributed by atoms with Gasteiger partial charge in [0.15, 0.2) is 22.9 Å². The van der Waals surface area contributed by atoms with E-state index in [-0.39, 0.29) is 29.4 Å². The molecule has 2 aliphatic heterocycles. The Morgan fingerprint density at radius 2 is 0.951 bits per heavy atom. The van der Waals surface area contributed by atoms with Gasteiger partial charge in [-0.25, -0.2) is 0 Å². The van der Waals surface area contributed by atoms with E-state index in [4.69, 9.17) is 14.2 Å². The fraction of sp³-hybridized carbons (Fsp3) is 0.115. The minimum atomic E-state index is -4.61. The lowest BCUT2D eigenvalue weighted by atomic mass is 9.95. The number of amides is 2. The highest BCUT2D eigenvalue weighted by Crippen LogP contribution is 2.39. The van der Waals surface area contributed by atoms with E-state index in [1.807, 2.05) is 121 Å². The Morgan fingerprint density at radius 3 is 1.46 bits per heavy atom. The third-order valence-corrected chi connectivity index (χ3v) is 13.2. The molecule has 410 valence electrons. The second kappa shape index (κ2) is 23.0. The number of hydrogen-bond donors (Lipinski definition) is 5. The number of rotatable bonds is 11. The molecule has 2 aliphatic rings. The fourth-order valence-electron chi connectivity index (χ4n) is 9.28. The average molecular weight is 1110 g/mol. The van der Waals surface area contributed by atoms with Crippen LogP contribution in [0, 0.1) is 0 Å². The van der Waals surface area contributed by atoms with Gasteiger partial charge in [0.25, 0.3) is 11.8 Å². The quantitative estimate of drug-likeness (QED) is 0.0784. The number of nitrogens with one attached hydrogen (secondary N) is 4. The Hall–Kier alpha value is -10.2. The molecule has 11 rings (SSSR count). The minimum absolute atomic E-state index is 0.0210. The van der Waals surface area contributed by atoms with Crippen LogP contribution in [0.3, 0.4) is 0 Å². The lowest BCUT2D eigenvalue weighted by Crippen LogP contribution is -2.31. The summed E-state index contributed by atoms with van der Waals surface area (Å²) in [6.07, 6.45) is -6.54. The molecule has 7 aromatic carbocycles. The van der Waals surface area contributed by atoms with E-state index >= 15 is 0 Å². The second-order valence-corrected chi connectivity index (χ2v) is 18.5. The molecule has 0 saturated carbocycles. The van der Waals surface area contributed by atoms with E-state index in [0.29, 0.717) is 24.7 Å². The van der Waals surface area contributed by atoms with Crippen LogP contribution in [0.4, 0.5) is 37.7 Å². The number of para-hydroxylation sites is 2. The normalized spacial score (nSPS) is 14.2. The zero-order chi connectivity index (χ0) is 56.8. The molecule has 14 nitrogen and oxygen atoms in total. The molecule has 2 aromatic heterocycles. The summed E-state index contributed by atoms with van der Waals surface area (Å²) in [7, 11) is 0. The van der Waals surface area contributed by atoms with Crippen molar-refractivity contribution < 1.29 is 55.2 Å². The van der Waals surface area contributed by atoms with Gasteiger partial charge < -0.3 is 40.8 Å². The first kappa shape index (κ1) is 54.1. The highest BCUT2D eigenvalue weighted by atomic mass is 19.4. The van der Waals surface area contributed by atoms with E-state index in [1.165, 1.54) is 46.0 Å². The van der Waals surface area contributed by atoms with Crippen LogP contribution in [0.25, 0.3) is 0 Å². The highest BCUT2D eigenvalue weighted by molar-refractivity contribution is 6.05. The summed E-state index contributed by atoms with van der Waals surface area (Å²) in [5.74, 6) is -1.70. The number of halogens is 6. The van der Waals surface area contributed by atoms with Crippen molar-refractivity contribution in [3.05, 3.63) is 282 Å². The smallest absolute Gasteiger partial charge is 0.416 e. The first-order valence-electron chi connectivity index (χ1n) is 25.0. The number of pyridine rings is 2. The Labute approximate surface area is 457 Å². The first-order chi connectivity index (χ1) is 39.0. The lowest BCUT2D eigenvalue weighted by molar-refractivity contribution is -0.138. The van der Waals surface area contributed by atoms with Gasteiger partial charge in [-0.15, -0.1) is 0 Å². The van der Waals surface area contributed by atoms with Crippen LogP contribution in [0.15, 0.2) is 210 Å². The molecule has 5 N–H and O–H groups in total. The molecule has 0 radical (unpaired) electrons. The van der Waals surface area contributed by atoms with Crippen LogP contribution in [-0.4, -0.2) is 26.3 Å². The van der Waals surface area contributed by atoms with Crippen LogP contribution >= 0.6 is 0 Å². The number of anilines is 2. The minimum Gasteiger partial charge on any atom is -0.502 e. The Kier molecular flexibility index (Phi) is 15.4. The van der Waals surface area contributed by atoms with Crippen molar-refractivity contribution in [2.24, 2.45) is 0 Å². The van der Waals surface area contributed by atoms with Gasteiger partial charge in [0.2, 0.25) is 10.9 Å². The number of alkyl halides is 6. The third kappa shape index (κ3) is 12.1. The summed E-state index contributed by atoms with van der Waals surface area (Å²) in [5.41, 5.74) is 8.12. The number of hydrogen-bond acceptors (Lipinski definition) is 10. The van der Waals surface area contributed by atoms with Crippen LogP contribution < -0.4 is 46.6 Å². The summed E-state index contributed by atoms with van der Waals surface area (Å²) in [5, 5.41) is 15.4. The Bertz CT molecular complexity index is 3830. The van der Waals surface area contributed by atoms with Crippen molar-refractivity contribution in [1.82, 2.24) is 9.35 Å².